The molecule has 1 aliphatic heterocycles. The number of rotatable bonds is 5. The van der Waals surface area contributed by atoms with Gasteiger partial charge in [-0.25, -0.2) is 0 Å². The van der Waals surface area contributed by atoms with Crippen molar-refractivity contribution in [2.24, 2.45) is 0 Å². The van der Waals surface area contributed by atoms with Crippen molar-refractivity contribution in [2.45, 2.75) is 31.7 Å². The molecule has 0 saturated carbocycles. The lowest BCUT2D eigenvalue weighted by atomic mass is 10.2. The number of anilines is 1. The van der Waals surface area contributed by atoms with E-state index in [0.29, 0.717) is 13.2 Å². The van der Waals surface area contributed by atoms with Crippen molar-refractivity contribution < 1.29 is 9.53 Å². The Morgan fingerprint density at radius 3 is 2.76 bits per heavy atom. The van der Waals surface area contributed by atoms with Gasteiger partial charge in [0.25, 0.3) is 0 Å². The average molecular weight is 308 g/mol. The summed E-state index contributed by atoms with van der Waals surface area (Å²) < 4.78 is 5.32. The molecule has 5 heteroatoms. The molecule has 0 aromatic heterocycles. The van der Waals surface area contributed by atoms with E-state index in [9.17, 15) is 4.79 Å². The maximum absolute atomic E-state index is 12.3. The number of carbonyl (C=O) groups excluding carboxylic acids is 1. The predicted octanol–water partition coefficient (Wildman–Crippen LogP) is 2.77. The number of hydrogen-bond acceptors (Lipinski definition) is 4. The Bertz CT molecular complexity index is 487. The molecule has 4 nitrogen and oxygen atoms in total. The molecule has 1 saturated heterocycles. The van der Waals surface area contributed by atoms with E-state index >= 15 is 0 Å². The van der Waals surface area contributed by atoms with Crippen LogP contribution in [0.2, 0.25) is 0 Å². The molecule has 0 bridgehead atoms. The van der Waals surface area contributed by atoms with Crippen molar-refractivity contribution in [1.82, 2.24) is 4.90 Å². The summed E-state index contributed by atoms with van der Waals surface area (Å²) >= 11 is 1.82. The first-order valence-corrected chi connectivity index (χ1v) is 8.46. The van der Waals surface area contributed by atoms with E-state index in [1.807, 2.05) is 30.8 Å². The number of aryl methyl sites for hydroxylation is 1. The number of morpholine rings is 1. The molecule has 1 aromatic carbocycles. The molecular formula is C16H24N2O2S. The fourth-order valence-corrected chi connectivity index (χ4v) is 3.18. The first-order valence-electron chi connectivity index (χ1n) is 7.48. The molecule has 0 radical (unpaired) electrons. The zero-order valence-corrected chi connectivity index (χ0v) is 13.8. The first-order chi connectivity index (χ1) is 10.1. The van der Waals surface area contributed by atoms with Crippen LogP contribution in [0.4, 0.5) is 5.69 Å². The van der Waals surface area contributed by atoms with Gasteiger partial charge in [-0.15, -0.1) is 11.8 Å². The molecule has 1 heterocycles. The van der Waals surface area contributed by atoms with E-state index < -0.39 is 0 Å². The molecule has 116 valence electrons. The van der Waals surface area contributed by atoms with Crippen molar-refractivity contribution in [3.8, 4) is 0 Å². The minimum Gasteiger partial charge on any atom is -0.379 e. The van der Waals surface area contributed by atoms with Crippen LogP contribution in [-0.4, -0.2) is 48.9 Å². The number of benzene rings is 1. The lowest BCUT2D eigenvalue weighted by Crippen LogP contribution is -2.47. The Labute approximate surface area is 131 Å². The highest BCUT2D eigenvalue weighted by Gasteiger charge is 2.23. The standard InChI is InChI=1S/C16H24N2O2S/c1-4-21-15-6-5-14(11-12(15)2)17-16(19)13(3)18-7-9-20-10-8-18/h5-6,11,13H,4,7-10H2,1-3H3,(H,17,19). The summed E-state index contributed by atoms with van der Waals surface area (Å²) in [6.45, 7) is 9.23. The van der Waals surface area contributed by atoms with Gasteiger partial charge in [-0.1, -0.05) is 6.92 Å². The van der Waals surface area contributed by atoms with Gasteiger partial charge in [-0.3, -0.25) is 9.69 Å². The van der Waals surface area contributed by atoms with Crippen LogP contribution in [-0.2, 0) is 9.53 Å². The van der Waals surface area contributed by atoms with Crippen LogP contribution < -0.4 is 5.32 Å². The second-order valence-electron chi connectivity index (χ2n) is 5.23. The Balaban J connectivity index is 1.96. The van der Waals surface area contributed by atoms with Crippen LogP contribution in [0.15, 0.2) is 23.1 Å². The van der Waals surface area contributed by atoms with Gasteiger partial charge in [0, 0.05) is 23.7 Å². The zero-order chi connectivity index (χ0) is 15.2. The SMILES string of the molecule is CCSc1ccc(NC(=O)C(C)N2CCOCC2)cc1C. The fourth-order valence-electron chi connectivity index (χ4n) is 2.42. The Morgan fingerprint density at radius 2 is 2.14 bits per heavy atom. The minimum atomic E-state index is -0.126. The minimum absolute atomic E-state index is 0.0483. The molecular weight excluding hydrogens is 284 g/mol. The van der Waals surface area contributed by atoms with Crippen LogP contribution in [0.3, 0.4) is 0 Å². The molecule has 1 fully saturated rings. The van der Waals surface area contributed by atoms with Crippen molar-refractivity contribution >= 4 is 23.4 Å². The summed E-state index contributed by atoms with van der Waals surface area (Å²) in [4.78, 5) is 15.8. The Kier molecular flexibility index (Phi) is 6.08. The number of nitrogens with one attached hydrogen (secondary N) is 1. The lowest BCUT2D eigenvalue weighted by molar-refractivity contribution is -0.122. The highest BCUT2D eigenvalue weighted by Crippen LogP contribution is 2.25. The van der Waals surface area contributed by atoms with Crippen molar-refractivity contribution in [3.63, 3.8) is 0 Å². The summed E-state index contributed by atoms with van der Waals surface area (Å²) in [5, 5.41) is 3.02. The van der Waals surface area contributed by atoms with E-state index in [4.69, 9.17) is 4.74 Å². The quantitative estimate of drug-likeness (QED) is 0.849. The Morgan fingerprint density at radius 1 is 1.43 bits per heavy atom. The van der Waals surface area contributed by atoms with E-state index in [0.717, 1.165) is 24.5 Å². The number of thioether (sulfide) groups is 1. The average Bonchev–Trinajstić information content (AvgIpc) is 2.50. The topological polar surface area (TPSA) is 41.6 Å². The smallest absolute Gasteiger partial charge is 0.241 e. The number of ether oxygens (including phenoxy) is 1. The van der Waals surface area contributed by atoms with Crippen LogP contribution >= 0.6 is 11.8 Å². The number of nitrogens with zero attached hydrogens (tertiary/aromatic N) is 1. The summed E-state index contributed by atoms with van der Waals surface area (Å²) in [5.74, 6) is 1.10. The second-order valence-corrected chi connectivity index (χ2v) is 6.53. The highest BCUT2D eigenvalue weighted by atomic mass is 32.2. The van der Waals surface area contributed by atoms with Crippen molar-refractivity contribution in [1.29, 1.82) is 0 Å². The summed E-state index contributed by atoms with van der Waals surface area (Å²) in [6.07, 6.45) is 0. The molecule has 0 spiro atoms. The van der Waals surface area contributed by atoms with Gasteiger partial charge in [0.05, 0.1) is 19.3 Å². The van der Waals surface area contributed by atoms with Gasteiger partial charge in [0.1, 0.15) is 0 Å². The molecule has 1 amide bonds. The molecule has 1 aromatic rings. The van der Waals surface area contributed by atoms with Crippen LogP contribution in [0.25, 0.3) is 0 Å². The third-order valence-electron chi connectivity index (χ3n) is 3.72. The van der Waals surface area contributed by atoms with Crippen LogP contribution in [0.5, 0.6) is 0 Å². The third kappa shape index (κ3) is 4.46. The van der Waals surface area contributed by atoms with E-state index in [-0.39, 0.29) is 11.9 Å². The lowest BCUT2D eigenvalue weighted by Gasteiger charge is -2.31. The number of carbonyl (C=O) groups is 1. The van der Waals surface area contributed by atoms with Crippen molar-refractivity contribution in [3.05, 3.63) is 23.8 Å². The second kappa shape index (κ2) is 7.82. The van der Waals surface area contributed by atoms with E-state index in [1.54, 1.807) is 0 Å². The molecule has 21 heavy (non-hydrogen) atoms. The maximum Gasteiger partial charge on any atom is 0.241 e. The van der Waals surface area contributed by atoms with Gasteiger partial charge < -0.3 is 10.1 Å². The molecule has 1 atom stereocenters. The van der Waals surface area contributed by atoms with Gasteiger partial charge in [0.2, 0.25) is 5.91 Å². The number of amides is 1. The van der Waals surface area contributed by atoms with E-state index in [2.05, 4.69) is 30.1 Å². The largest absolute Gasteiger partial charge is 0.379 e. The van der Waals surface area contributed by atoms with Crippen LogP contribution in [0.1, 0.15) is 19.4 Å². The van der Waals surface area contributed by atoms with Gasteiger partial charge >= 0.3 is 0 Å². The summed E-state index contributed by atoms with van der Waals surface area (Å²) in [5.41, 5.74) is 2.08. The molecule has 1 unspecified atom stereocenters. The first kappa shape index (κ1) is 16.3. The van der Waals surface area contributed by atoms with E-state index in [1.165, 1.54) is 10.5 Å². The highest BCUT2D eigenvalue weighted by molar-refractivity contribution is 7.99. The van der Waals surface area contributed by atoms with Gasteiger partial charge in [0.15, 0.2) is 0 Å². The molecule has 1 N–H and O–H groups in total. The normalized spacial score (nSPS) is 17.5. The predicted molar refractivity (Wildman–Crippen MR) is 88.1 cm³/mol. The maximum atomic E-state index is 12.3. The van der Waals surface area contributed by atoms with Gasteiger partial charge in [-0.05, 0) is 43.4 Å². The summed E-state index contributed by atoms with van der Waals surface area (Å²) in [7, 11) is 0. The van der Waals surface area contributed by atoms with Crippen molar-refractivity contribution in [2.75, 3.05) is 37.4 Å². The van der Waals surface area contributed by atoms with Crippen LogP contribution in [0, 0.1) is 6.92 Å². The molecule has 0 aliphatic carbocycles. The van der Waals surface area contributed by atoms with Gasteiger partial charge in [-0.2, -0.15) is 0 Å². The number of hydrogen-bond donors (Lipinski definition) is 1. The third-order valence-corrected chi connectivity index (χ3v) is 4.77. The zero-order valence-electron chi connectivity index (χ0n) is 13.0. The summed E-state index contributed by atoms with van der Waals surface area (Å²) in [6, 6.07) is 5.98. The Hall–Kier alpha value is -1.04. The fraction of sp³-hybridized carbons (Fsp3) is 0.562. The molecule has 1 aliphatic rings. The molecule has 2 rings (SSSR count). The monoisotopic (exact) mass is 308 g/mol.